The zero-order chi connectivity index (χ0) is 11.9. The largest absolute Gasteiger partial charge is 0.299 e. The molecule has 0 radical (unpaired) electrons. The summed E-state index contributed by atoms with van der Waals surface area (Å²) < 4.78 is 0. The van der Waals surface area contributed by atoms with Crippen LogP contribution in [0.5, 0.6) is 0 Å². The van der Waals surface area contributed by atoms with E-state index < -0.39 is 0 Å². The van der Waals surface area contributed by atoms with Crippen LogP contribution in [0.2, 0.25) is 0 Å². The molecule has 0 aliphatic heterocycles. The van der Waals surface area contributed by atoms with Crippen LogP contribution in [0.4, 0.5) is 0 Å². The van der Waals surface area contributed by atoms with Crippen molar-refractivity contribution in [1.29, 1.82) is 5.26 Å². The van der Waals surface area contributed by atoms with Gasteiger partial charge in [-0.2, -0.15) is 17.0 Å². The Labute approximate surface area is 98.8 Å². The minimum atomic E-state index is -0.371. The standard InChI is InChI=1S/C12H24N2S/c1-6-7-14-12(5,8-13)9-15-11(4)10(2)3/h10-11,14H,6-7,9H2,1-5H3. The summed E-state index contributed by atoms with van der Waals surface area (Å²) in [4.78, 5) is 0. The van der Waals surface area contributed by atoms with Gasteiger partial charge >= 0.3 is 0 Å². The van der Waals surface area contributed by atoms with E-state index in [9.17, 15) is 0 Å². The molecule has 0 bridgehead atoms. The van der Waals surface area contributed by atoms with Gasteiger partial charge in [-0.1, -0.05) is 27.7 Å². The van der Waals surface area contributed by atoms with Gasteiger partial charge in [0.2, 0.25) is 0 Å². The smallest absolute Gasteiger partial charge is 0.113 e. The lowest BCUT2D eigenvalue weighted by molar-refractivity contribution is 0.492. The Morgan fingerprint density at radius 3 is 2.40 bits per heavy atom. The van der Waals surface area contributed by atoms with E-state index in [4.69, 9.17) is 5.26 Å². The fourth-order valence-corrected chi connectivity index (χ4v) is 2.16. The first kappa shape index (κ1) is 14.8. The van der Waals surface area contributed by atoms with Crippen molar-refractivity contribution < 1.29 is 0 Å². The quantitative estimate of drug-likeness (QED) is 0.727. The molecule has 0 saturated heterocycles. The monoisotopic (exact) mass is 228 g/mol. The molecule has 3 heteroatoms. The van der Waals surface area contributed by atoms with Gasteiger partial charge in [0.25, 0.3) is 0 Å². The summed E-state index contributed by atoms with van der Waals surface area (Å²) in [6, 6.07) is 2.38. The van der Waals surface area contributed by atoms with Crippen LogP contribution in [0, 0.1) is 17.2 Å². The molecule has 0 aliphatic carbocycles. The SMILES string of the molecule is CCCNC(C)(C#N)CSC(C)C(C)C. The zero-order valence-electron chi connectivity index (χ0n) is 10.6. The lowest BCUT2D eigenvalue weighted by Crippen LogP contribution is -2.44. The number of rotatable bonds is 7. The summed E-state index contributed by atoms with van der Waals surface area (Å²) >= 11 is 1.88. The van der Waals surface area contributed by atoms with Crippen molar-refractivity contribution in [2.75, 3.05) is 12.3 Å². The average molecular weight is 228 g/mol. The summed E-state index contributed by atoms with van der Waals surface area (Å²) in [5.41, 5.74) is -0.371. The van der Waals surface area contributed by atoms with Crippen LogP contribution in [-0.4, -0.2) is 23.1 Å². The molecule has 0 heterocycles. The number of hydrogen-bond donors (Lipinski definition) is 1. The Kier molecular flexibility index (Phi) is 7.04. The fraction of sp³-hybridized carbons (Fsp3) is 0.917. The van der Waals surface area contributed by atoms with E-state index in [1.54, 1.807) is 0 Å². The van der Waals surface area contributed by atoms with Gasteiger partial charge in [0.15, 0.2) is 0 Å². The molecule has 0 aromatic rings. The summed E-state index contributed by atoms with van der Waals surface area (Å²) in [5, 5.41) is 13.1. The van der Waals surface area contributed by atoms with E-state index in [1.807, 2.05) is 18.7 Å². The van der Waals surface area contributed by atoms with E-state index in [-0.39, 0.29) is 5.54 Å². The summed E-state index contributed by atoms with van der Waals surface area (Å²) in [7, 11) is 0. The lowest BCUT2D eigenvalue weighted by atomic mass is 10.1. The summed E-state index contributed by atoms with van der Waals surface area (Å²) in [6.45, 7) is 11.7. The van der Waals surface area contributed by atoms with Crippen LogP contribution in [0.25, 0.3) is 0 Å². The number of hydrogen-bond acceptors (Lipinski definition) is 3. The molecule has 0 aromatic carbocycles. The Morgan fingerprint density at radius 1 is 1.40 bits per heavy atom. The first-order chi connectivity index (χ1) is 6.95. The molecule has 88 valence electrons. The first-order valence-electron chi connectivity index (χ1n) is 5.73. The van der Waals surface area contributed by atoms with Crippen LogP contribution in [0.3, 0.4) is 0 Å². The molecule has 0 aromatic heterocycles. The number of thioether (sulfide) groups is 1. The van der Waals surface area contributed by atoms with E-state index in [2.05, 4.69) is 39.1 Å². The minimum absolute atomic E-state index is 0.371. The molecule has 0 aliphatic rings. The highest BCUT2D eigenvalue weighted by atomic mass is 32.2. The normalized spacial score (nSPS) is 17.1. The third kappa shape index (κ3) is 6.06. The maximum absolute atomic E-state index is 9.14. The van der Waals surface area contributed by atoms with Crippen LogP contribution in [0.15, 0.2) is 0 Å². The van der Waals surface area contributed by atoms with Gasteiger partial charge in [0, 0.05) is 11.0 Å². The average Bonchev–Trinajstić information content (AvgIpc) is 2.22. The van der Waals surface area contributed by atoms with Crippen molar-refractivity contribution in [1.82, 2.24) is 5.32 Å². The predicted octanol–water partition coefficient (Wildman–Crippen LogP) is 3.05. The highest BCUT2D eigenvalue weighted by Crippen LogP contribution is 2.22. The highest BCUT2D eigenvalue weighted by molar-refractivity contribution is 7.99. The molecule has 2 atom stereocenters. The van der Waals surface area contributed by atoms with E-state index in [1.165, 1.54) is 0 Å². The van der Waals surface area contributed by atoms with Crippen LogP contribution in [-0.2, 0) is 0 Å². The first-order valence-corrected chi connectivity index (χ1v) is 6.78. The second kappa shape index (κ2) is 7.14. The molecule has 2 unspecified atom stereocenters. The Morgan fingerprint density at radius 2 is 2.00 bits per heavy atom. The highest BCUT2D eigenvalue weighted by Gasteiger charge is 2.24. The van der Waals surface area contributed by atoms with E-state index >= 15 is 0 Å². The van der Waals surface area contributed by atoms with Gasteiger partial charge in [-0.05, 0) is 25.8 Å². The molecule has 2 nitrogen and oxygen atoms in total. The predicted molar refractivity (Wildman–Crippen MR) is 69.1 cm³/mol. The summed E-state index contributed by atoms with van der Waals surface area (Å²) in [6.07, 6.45) is 1.07. The Hall–Kier alpha value is -0.200. The molecule has 0 rings (SSSR count). The van der Waals surface area contributed by atoms with Crippen molar-refractivity contribution in [2.45, 2.75) is 51.8 Å². The molecule has 0 fully saturated rings. The van der Waals surface area contributed by atoms with Gasteiger partial charge in [-0.15, -0.1) is 0 Å². The van der Waals surface area contributed by atoms with Crippen molar-refractivity contribution >= 4 is 11.8 Å². The van der Waals surface area contributed by atoms with Crippen LogP contribution >= 0.6 is 11.8 Å². The van der Waals surface area contributed by atoms with Crippen molar-refractivity contribution in [3.05, 3.63) is 0 Å². The molecule has 1 N–H and O–H groups in total. The number of nitrogens with zero attached hydrogens (tertiary/aromatic N) is 1. The zero-order valence-corrected chi connectivity index (χ0v) is 11.4. The van der Waals surface area contributed by atoms with Crippen molar-refractivity contribution in [3.63, 3.8) is 0 Å². The van der Waals surface area contributed by atoms with Crippen molar-refractivity contribution in [3.8, 4) is 6.07 Å². The lowest BCUT2D eigenvalue weighted by Gasteiger charge is -2.25. The van der Waals surface area contributed by atoms with Gasteiger partial charge < -0.3 is 0 Å². The second-order valence-corrected chi connectivity index (χ2v) is 6.00. The van der Waals surface area contributed by atoms with E-state index in [0.29, 0.717) is 11.2 Å². The van der Waals surface area contributed by atoms with Gasteiger partial charge in [-0.25, -0.2) is 0 Å². The molecule has 0 spiro atoms. The van der Waals surface area contributed by atoms with Crippen LogP contribution in [0.1, 0.15) is 41.0 Å². The maximum Gasteiger partial charge on any atom is 0.113 e. The molecule has 0 saturated carbocycles. The minimum Gasteiger partial charge on any atom is -0.299 e. The topological polar surface area (TPSA) is 35.8 Å². The molecule has 15 heavy (non-hydrogen) atoms. The molecular weight excluding hydrogens is 204 g/mol. The molecular formula is C12H24N2S. The maximum atomic E-state index is 9.14. The Bertz CT molecular complexity index is 210. The van der Waals surface area contributed by atoms with Crippen molar-refractivity contribution in [2.24, 2.45) is 5.92 Å². The Balaban J connectivity index is 4.04. The summed E-state index contributed by atoms with van der Waals surface area (Å²) in [5.74, 6) is 1.53. The number of nitriles is 1. The van der Waals surface area contributed by atoms with E-state index in [0.717, 1.165) is 18.7 Å². The van der Waals surface area contributed by atoms with Crippen LogP contribution < -0.4 is 5.32 Å². The van der Waals surface area contributed by atoms with Gasteiger partial charge in [0.1, 0.15) is 5.54 Å². The van der Waals surface area contributed by atoms with Gasteiger partial charge in [-0.3, -0.25) is 5.32 Å². The molecule has 0 amide bonds. The third-order valence-corrected chi connectivity index (χ3v) is 4.40. The third-order valence-electron chi connectivity index (χ3n) is 2.59. The van der Waals surface area contributed by atoms with Gasteiger partial charge in [0.05, 0.1) is 6.07 Å². The second-order valence-electron chi connectivity index (χ2n) is 4.63. The fourth-order valence-electron chi connectivity index (χ4n) is 1.01. The number of nitrogens with one attached hydrogen (secondary N) is 1.